The van der Waals surface area contributed by atoms with Gasteiger partial charge in [-0.25, -0.2) is 4.98 Å². The molecule has 0 aliphatic carbocycles. The highest BCUT2D eigenvalue weighted by Crippen LogP contribution is 2.56. The topological polar surface area (TPSA) is 119 Å². The van der Waals surface area contributed by atoms with E-state index in [-0.39, 0.29) is 5.82 Å². The van der Waals surface area contributed by atoms with Gasteiger partial charge in [0.15, 0.2) is 5.82 Å². The van der Waals surface area contributed by atoms with Crippen molar-refractivity contribution in [1.29, 1.82) is 0 Å². The first-order chi connectivity index (χ1) is 6.74. The molecule has 0 radical (unpaired) electrons. The molecule has 0 saturated carbocycles. The number of aromatic amines is 1. The van der Waals surface area contributed by atoms with Gasteiger partial charge in [-0.15, -0.1) is 0 Å². The molecule has 0 saturated heterocycles. The zero-order valence-corrected chi connectivity index (χ0v) is 8.10. The van der Waals surface area contributed by atoms with Crippen LogP contribution in [0.15, 0.2) is 6.33 Å². The second-order valence-corrected chi connectivity index (χ2v) is 4.54. The number of H-pyrrole nitrogens is 1. The number of hydrogen-bond donors (Lipinski definition) is 4. The van der Waals surface area contributed by atoms with E-state index in [1.54, 1.807) is 0 Å². The SMILES string of the molecule is O=P(O)(O)C(F)(F)CC(O)c1ncn[nH]1. The predicted octanol–water partition coefficient (Wildman–Crippen LogP) is -0.00130. The van der Waals surface area contributed by atoms with Crippen LogP contribution in [0.3, 0.4) is 0 Å². The van der Waals surface area contributed by atoms with E-state index in [4.69, 9.17) is 14.9 Å². The van der Waals surface area contributed by atoms with Gasteiger partial charge in [-0.05, 0) is 0 Å². The van der Waals surface area contributed by atoms with Crippen molar-refractivity contribution in [2.75, 3.05) is 0 Å². The van der Waals surface area contributed by atoms with Gasteiger partial charge in [-0.1, -0.05) is 0 Å². The minimum atomic E-state index is -5.58. The lowest BCUT2D eigenvalue weighted by Crippen LogP contribution is -2.20. The van der Waals surface area contributed by atoms with Crippen molar-refractivity contribution in [3.05, 3.63) is 12.2 Å². The third kappa shape index (κ3) is 2.78. The van der Waals surface area contributed by atoms with Crippen LogP contribution < -0.4 is 0 Å². The zero-order chi connectivity index (χ0) is 11.7. The molecule has 86 valence electrons. The molecule has 1 aromatic heterocycles. The highest BCUT2D eigenvalue weighted by atomic mass is 31.2. The molecule has 0 aromatic carbocycles. The van der Waals surface area contributed by atoms with Crippen LogP contribution in [-0.2, 0) is 4.57 Å². The summed E-state index contributed by atoms with van der Waals surface area (Å²) in [5.74, 6) is -0.275. The Morgan fingerprint density at radius 3 is 2.60 bits per heavy atom. The molecule has 0 amide bonds. The van der Waals surface area contributed by atoms with Gasteiger partial charge in [0.05, 0.1) is 6.42 Å². The summed E-state index contributed by atoms with van der Waals surface area (Å²) in [6, 6.07) is 0. The summed E-state index contributed by atoms with van der Waals surface area (Å²) in [6.07, 6.45) is -2.25. The van der Waals surface area contributed by atoms with Gasteiger partial charge in [0, 0.05) is 0 Å². The standard InChI is InChI=1S/C5H8F2N3O4P/c6-5(7,15(12,13)14)1-3(11)4-8-2-9-10-4/h2-3,11H,1H2,(H,8,9,10)(H2,12,13,14). The number of hydrogen-bond acceptors (Lipinski definition) is 4. The van der Waals surface area contributed by atoms with E-state index in [9.17, 15) is 13.3 Å². The fourth-order valence-corrected chi connectivity index (χ4v) is 1.23. The smallest absolute Gasteiger partial charge is 0.385 e. The molecule has 0 aliphatic heterocycles. The third-order valence-corrected chi connectivity index (χ3v) is 2.65. The molecule has 0 aliphatic rings. The van der Waals surface area contributed by atoms with Crippen molar-refractivity contribution in [2.45, 2.75) is 18.2 Å². The van der Waals surface area contributed by atoms with Crippen molar-refractivity contribution in [2.24, 2.45) is 0 Å². The molecular formula is C5H8F2N3O4P. The summed E-state index contributed by atoms with van der Waals surface area (Å²) in [6.45, 7) is 0. The van der Waals surface area contributed by atoms with Gasteiger partial charge in [0.25, 0.3) is 0 Å². The number of halogens is 2. The normalized spacial score (nSPS) is 15.3. The number of aromatic nitrogens is 3. The molecule has 4 N–H and O–H groups in total. The van der Waals surface area contributed by atoms with Crippen LogP contribution in [0, 0.1) is 0 Å². The summed E-state index contributed by atoms with van der Waals surface area (Å²) < 4.78 is 35.9. The van der Waals surface area contributed by atoms with Crippen LogP contribution >= 0.6 is 7.60 Å². The summed E-state index contributed by atoms with van der Waals surface area (Å²) in [7, 11) is -5.58. The summed E-state index contributed by atoms with van der Waals surface area (Å²) >= 11 is 0. The Hall–Kier alpha value is -0.890. The van der Waals surface area contributed by atoms with Gasteiger partial charge >= 0.3 is 13.3 Å². The van der Waals surface area contributed by atoms with E-state index in [1.165, 1.54) is 0 Å². The first kappa shape index (κ1) is 12.2. The molecule has 0 fully saturated rings. The van der Waals surface area contributed by atoms with Crippen LogP contribution in [0.25, 0.3) is 0 Å². The average molecular weight is 243 g/mol. The summed E-state index contributed by atoms with van der Waals surface area (Å²) in [5, 5.41) is 14.6. The third-order valence-electron chi connectivity index (χ3n) is 1.61. The summed E-state index contributed by atoms with van der Waals surface area (Å²) in [4.78, 5) is 20.0. The van der Waals surface area contributed by atoms with Crippen LogP contribution in [0.5, 0.6) is 0 Å². The Labute approximate surface area is 82.3 Å². The number of nitrogens with zero attached hydrogens (tertiary/aromatic N) is 2. The maximum Gasteiger partial charge on any atom is 0.394 e. The first-order valence-corrected chi connectivity index (χ1v) is 5.32. The molecule has 7 nitrogen and oxygen atoms in total. The van der Waals surface area contributed by atoms with Crippen molar-refractivity contribution >= 4 is 7.60 Å². The predicted molar refractivity (Wildman–Crippen MR) is 43.0 cm³/mol. The highest BCUT2D eigenvalue weighted by Gasteiger charge is 2.50. The van der Waals surface area contributed by atoms with Gasteiger partial charge < -0.3 is 14.9 Å². The van der Waals surface area contributed by atoms with E-state index in [0.29, 0.717) is 0 Å². The zero-order valence-electron chi connectivity index (χ0n) is 7.21. The molecule has 1 aromatic rings. The monoisotopic (exact) mass is 243 g/mol. The van der Waals surface area contributed by atoms with Crippen molar-refractivity contribution in [3.8, 4) is 0 Å². The van der Waals surface area contributed by atoms with Crippen LogP contribution in [-0.4, -0.2) is 35.7 Å². The first-order valence-electron chi connectivity index (χ1n) is 3.71. The summed E-state index contributed by atoms with van der Waals surface area (Å²) in [5.41, 5.74) is -4.29. The number of alkyl halides is 2. The molecule has 1 unspecified atom stereocenters. The minimum Gasteiger partial charge on any atom is -0.385 e. The van der Waals surface area contributed by atoms with Crippen molar-refractivity contribution < 1.29 is 28.2 Å². The second-order valence-electron chi connectivity index (χ2n) is 2.80. The number of rotatable bonds is 4. The molecule has 10 heteroatoms. The fourth-order valence-electron chi connectivity index (χ4n) is 0.824. The van der Waals surface area contributed by atoms with Gasteiger partial charge in [0.1, 0.15) is 12.4 Å². The molecule has 0 bridgehead atoms. The molecule has 1 rings (SSSR count). The van der Waals surface area contributed by atoms with Crippen molar-refractivity contribution in [1.82, 2.24) is 15.2 Å². The highest BCUT2D eigenvalue weighted by molar-refractivity contribution is 7.53. The Morgan fingerprint density at radius 2 is 2.20 bits per heavy atom. The maximum atomic E-state index is 12.8. The number of aliphatic hydroxyl groups is 1. The average Bonchev–Trinajstić information content (AvgIpc) is 2.51. The van der Waals surface area contributed by atoms with Gasteiger partial charge in [-0.2, -0.15) is 13.9 Å². The number of nitrogens with one attached hydrogen (secondary N) is 1. The quantitative estimate of drug-likeness (QED) is 0.552. The van der Waals surface area contributed by atoms with E-state index >= 15 is 0 Å². The van der Waals surface area contributed by atoms with Crippen LogP contribution in [0.4, 0.5) is 8.78 Å². The second kappa shape index (κ2) is 3.93. The molecule has 0 spiro atoms. The maximum absolute atomic E-state index is 12.8. The Bertz CT molecular complexity index is 364. The minimum absolute atomic E-state index is 0.275. The van der Waals surface area contributed by atoms with Crippen molar-refractivity contribution in [3.63, 3.8) is 0 Å². The fraction of sp³-hybridized carbons (Fsp3) is 0.600. The van der Waals surface area contributed by atoms with Crippen LogP contribution in [0.1, 0.15) is 18.3 Å². The van der Waals surface area contributed by atoms with E-state index in [1.807, 2.05) is 0 Å². The van der Waals surface area contributed by atoms with E-state index in [2.05, 4.69) is 15.2 Å². The van der Waals surface area contributed by atoms with Gasteiger partial charge in [0.2, 0.25) is 0 Å². The van der Waals surface area contributed by atoms with Gasteiger partial charge in [-0.3, -0.25) is 9.66 Å². The molecule has 1 heterocycles. The lowest BCUT2D eigenvalue weighted by molar-refractivity contribution is 0.00150. The van der Waals surface area contributed by atoms with E-state index in [0.717, 1.165) is 6.33 Å². The number of aliphatic hydroxyl groups excluding tert-OH is 1. The molecule has 1 atom stereocenters. The van der Waals surface area contributed by atoms with Crippen LogP contribution in [0.2, 0.25) is 0 Å². The Kier molecular flexibility index (Phi) is 3.19. The lowest BCUT2D eigenvalue weighted by atomic mass is 10.2. The Balaban J connectivity index is 2.75. The molecule has 15 heavy (non-hydrogen) atoms. The largest absolute Gasteiger partial charge is 0.394 e. The molecular weight excluding hydrogens is 235 g/mol. The van der Waals surface area contributed by atoms with E-state index < -0.39 is 25.8 Å². The lowest BCUT2D eigenvalue weighted by Gasteiger charge is -2.19. The Morgan fingerprint density at radius 1 is 1.60 bits per heavy atom.